The average Bonchev–Trinajstić information content (AvgIpc) is 3.11. The zero-order valence-electron chi connectivity index (χ0n) is 32.7. The van der Waals surface area contributed by atoms with Gasteiger partial charge in [-0.3, -0.25) is 4.79 Å². The second kappa shape index (κ2) is 34.0. The van der Waals surface area contributed by atoms with E-state index in [0.29, 0.717) is 12.8 Å². The molecule has 0 aromatic carbocycles. The lowest BCUT2D eigenvalue weighted by Crippen LogP contribution is -2.59. The first-order valence-electron chi connectivity index (χ1n) is 21.6. The van der Waals surface area contributed by atoms with Crippen molar-refractivity contribution in [3.8, 4) is 0 Å². The number of carbonyl (C=O) groups excluding carboxylic acids is 1. The van der Waals surface area contributed by atoms with Gasteiger partial charge >= 0.3 is 5.97 Å². The summed E-state index contributed by atoms with van der Waals surface area (Å²) in [5.41, 5.74) is 0. The first kappa shape index (κ1) is 47.3. The molecule has 1 aliphatic rings. The largest absolute Gasteiger partial charge is 0.460 e. The van der Waals surface area contributed by atoms with E-state index in [9.17, 15) is 25.2 Å². The molecule has 1 aliphatic heterocycles. The number of ether oxygens (including phenoxy) is 3. The van der Waals surface area contributed by atoms with Crippen LogP contribution in [-0.2, 0) is 19.0 Å². The number of aliphatic hydroxyl groups excluding tert-OH is 4. The zero-order valence-corrected chi connectivity index (χ0v) is 32.7. The van der Waals surface area contributed by atoms with Crippen LogP contribution in [-0.4, -0.2) is 76.4 Å². The van der Waals surface area contributed by atoms with Crippen LogP contribution >= 0.6 is 0 Å². The van der Waals surface area contributed by atoms with Gasteiger partial charge in [-0.25, -0.2) is 0 Å². The second-order valence-electron chi connectivity index (χ2n) is 15.2. The van der Waals surface area contributed by atoms with Gasteiger partial charge in [0.15, 0.2) is 6.29 Å². The van der Waals surface area contributed by atoms with Gasteiger partial charge in [-0.1, -0.05) is 187 Å². The Balaban J connectivity index is 2.28. The maximum atomic E-state index is 12.8. The standard InChI is InChI=1S/C42H82O8/c1-3-5-7-9-11-13-15-17-18-19-21-22-24-26-28-30-32-36(35-48-42-41(47)40(46)39(45)37(34-43)50-42)49-38(44)33-31-29-27-25-23-20-16-14-12-10-8-6-4-2/h36-37,39-43,45-47H,3-35H2,1-2H3/t36?,37?,39-,40?,41+,42+/m1/s1. The molecule has 0 amide bonds. The number of aliphatic hydroxyl groups is 4. The van der Waals surface area contributed by atoms with Crippen LogP contribution in [0.25, 0.3) is 0 Å². The van der Waals surface area contributed by atoms with Crippen molar-refractivity contribution >= 4 is 5.97 Å². The fourth-order valence-corrected chi connectivity index (χ4v) is 7.04. The molecule has 8 heteroatoms. The summed E-state index contributed by atoms with van der Waals surface area (Å²) in [6.45, 7) is 4.04. The van der Waals surface area contributed by atoms with Crippen LogP contribution in [0.2, 0.25) is 0 Å². The molecule has 298 valence electrons. The Kier molecular flexibility index (Phi) is 32.2. The number of hydrogen-bond donors (Lipinski definition) is 4. The Morgan fingerprint density at radius 1 is 0.540 bits per heavy atom. The lowest BCUT2D eigenvalue weighted by atomic mass is 9.99. The van der Waals surface area contributed by atoms with E-state index in [1.165, 1.54) is 148 Å². The summed E-state index contributed by atoms with van der Waals surface area (Å²) >= 11 is 0. The highest BCUT2D eigenvalue weighted by molar-refractivity contribution is 5.69. The van der Waals surface area contributed by atoms with Crippen LogP contribution in [0, 0.1) is 0 Å². The van der Waals surface area contributed by atoms with Gasteiger partial charge < -0.3 is 34.6 Å². The van der Waals surface area contributed by atoms with Gasteiger partial charge in [-0.2, -0.15) is 0 Å². The normalized spacial score (nSPS) is 21.4. The van der Waals surface area contributed by atoms with E-state index >= 15 is 0 Å². The van der Waals surface area contributed by atoms with E-state index in [2.05, 4.69) is 13.8 Å². The minimum absolute atomic E-state index is 0.0196. The summed E-state index contributed by atoms with van der Waals surface area (Å²) in [6.07, 6.45) is 30.9. The lowest BCUT2D eigenvalue weighted by molar-refractivity contribution is -0.304. The maximum absolute atomic E-state index is 12.8. The number of carbonyl (C=O) groups is 1. The molecular weight excluding hydrogens is 632 g/mol. The molecule has 3 unspecified atom stereocenters. The monoisotopic (exact) mass is 715 g/mol. The molecule has 0 saturated carbocycles. The van der Waals surface area contributed by atoms with Crippen molar-refractivity contribution in [3.05, 3.63) is 0 Å². The van der Waals surface area contributed by atoms with Gasteiger partial charge in [0.2, 0.25) is 0 Å². The highest BCUT2D eigenvalue weighted by atomic mass is 16.7. The molecule has 6 atom stereocenters. The van der Waals surface area contributed by atoms with E-state index in [4.69, 9.17) is 14.2 Å². The van der Waals surface area contributed by atoms with Crippen LogP contribution in [0.3, 0.4) is 0 Å². The molecule has 0 aromatic heterocycles. The summed E-state index contributed by atoms with van der Waals surface area (Å²) < 4.78 is 17.1. The Morgan fingerprint density at radius 2 is 0.920 bits per heavy atom. The summed E-state index contributed by atoms with van der Waals surface area (Å²) in [6, 6.07) is 0. The highest BCUT2D eigenvalue weighted by Gasteiger charge is 2.44. The van der Waals surface area contributed by atoms with Crippen molar-refractivity contribution in [1.82, 2.24) is 0 Å². The molecule has 0 aliphatic carbocycles. The fourth-order valence-electron chi connectivity index (χ4n) is 7.04. The fraction of sp³-hybridized carbons (Fsp3) is 0.976. The van der Waals surface area contributed by atoms with Gasteiger partial charge in [-0.15, -0.1) is 0 Å². The smallest absolute Gasteiger partial charge is 0.306 e. The van der Waals surface area contributed by atoms with E-state index in [-0.39, 0.29) is 12.6 Å². The zero-order chi connectivity index (χ0) is 36.5. The third kappa shape index (κ3) is 25.2. The van der Waals surface area contributed by atoms with Crippen molar-refractivity contribution in [2.24, 2.45) is 0 Å². The van der Waals surface area contributed by atoms with Gasteiger partial charge in [-0.05, 0) is 19.3 Å². The molecule has 1 saturated heterocycles. The van der Waals surface area contributed by atoms with Gasteiger partial charge in [0.25, 0.3) is 0 Å². The maximum Gasteiger partial charge on any atom is 0.306 e. The molecule has 1 heterocycles. The van der Waals surface area contributed by atoms with Crippen molar-refractivity contribution in [2.75, 3.05) is 13.2 Å². The molecule has 0 radical (unpaired) electrons. The molecule has 0 aromatic rings. The second-order valence-corrected chi connectivity index (χ2v) is 15.2. The molecular formula is C42H82O8. The molecule has 0 bridgehead atoms. The highest BCUT2D eigenvalue weighted by Crippen LogP contribution is 2.23. The van der Waals surface area contributed by atoms with E-state index < -0.39 is 43.4 Å². The van der Waals surface area contributed by atoms with Crippen LogP contribution in [0.1, 0.15) is 213 Å². The third-order valence-corrected chi connectivity index (χ3v) is 10.5. The van der Waals surface area contributed by atoms with Crippen LogP contribution in [0.15, 0.2) is 0 Å². The van der Waals surface area contributed by atoms with Crippen LogP contribution in [0.5, 0.6) is 0 Å². The van der Waals surface area contributed by atoms with Gasteiger partial charge in [0.05, 0.1) is 13.2 Å². The number of unbranched alkanes of at least 4 members (excludes halogenated alkanes) is 27. The summed E-state index contributed by atoms with van der Waals surface area (Å²) in [5.74, 6) is -0.230. The van der Waals surface area contributed by atoms with Crippen LogP contribution < -0.4 is 0 Å². The van der Waals surface area contributed by atoms with Crippen LogP contribution in [0.4, 0.5) is 0 Å². The van der Waals surface area contributed by atoms with Crippen molar-refractivity contribution < 1.29 is 39.4 Å². The number of rotatable bonds is 36. The topological polar surface area (TPSA) is 126 Å². The van der Waals surface area contributed by atoms with Crippen molar-refractivity contribution in [3.63, 3.8) is 0 Å². The Morgan fingerprint density at radius 3 is 1.32 bits per heavy atom. The first-order chi connectivity index (χ1) is 24.4. The molecule has 1 rings (SSSR count). The molecule has 50 heavy (non-hydrogen) atoms. The predicted molar refractivity (Wildman–Crippen MR) is 204 cm³/mol. The Hall–Kier alpha value is -0.770. The molecule has 8 nitrogen and oxygen atoms in total. The number of esters is 1. The minimum Gasteiger partial charge on any atom is -0.460 e. The Bertz CT molecular complexity index is 735. The summed E-state index contributed by atoms with van der Waals surface area (Å²) in [7, 11) is 0. The SMILES string of the molecule is CCCCCCCCCCCCCCCCCCC(CO[C@H]1OC(CO)[C@@H](O)C(O)[C@@H]1O)OC(=O)CCCCCCCCCCCCCCC. The van der Waals surface area contributed by atoms with Crippen molar-refractivity contribution in [2.45, 2.75) is 250 Å². The van der Waals surface area contributed by atoms with E-state index in [0.717, 1.165) is 38.5 Å². The summed E-state index contributed by atoms with van der Waals surface area (Å²) in [5, 5.41) is 40.1. The minimum atomic E-state index is -1.50. The van der Waals surface area contributed by atoms with Gasteiger partial charge in [0, 0.05) is 6.42 Å². The quantitative estimate of drug-likeness (QED) is 0.0373. The first-order valence-corrected chi connectivity index (χ1v) is 21.6. The average molecular weight is 715 g/mol. The Labute approximate surface area is 307 Å². The summed E-state index contributed by atoms with van der Waals surface area (Å²) in [4.78, 5) is 12.8. The van der Waals surface area contributed by atoms with E-state index in [1.807, 2.05) is 0 Å². The lowest BCUT2D eigenvalue weighted by Gasteiger charge is -2.39. The number of hydrogen-bond acceptors (Lipinski definition) is 8. The molecule has 0 spiro atoms. The molecule has 1 fully saturated rings. The van der Waals surface area contributed by atoms with E-state index in [1.54, 1.807) is 0 Å². The van der Waals surface area contributed by atoms with Gasteiger partial charge in [0.1, 0.15) is 30.5 Å². The third-order valence-electron chi connectivity index (χ3n) is 10.5. The predicted octanol–water partition coefficient (Wildman–Crippen LogP) is 9.85. The molecule has 4 N–H and O–H groups in total. The van der Waals surface area contributed by atoms with Crippen molar-refractivity contribution in [1.29, 1.82) is 0 Å².